The van der Waals surface area contributed by atoms with E-state index >= 15 is 0 Å². The molecule has 0 aliphatic heterocycles. The van der Waals surface area contributed by atoms with Crippen molar-refractivity contribution in [2.75, 3.05) is 5.73 Å². The van der Waals surface area contributed by atoms with Crippen molar-refractivity contribution in [3.05, 3.63) is 50.9 Å². The molecule has 0 spiro atoms. The van der Waals surface area contributed by atoms with E-state index < -0.39 is 0 Å². The number of halogens is 1. The molecule has 1 saturated carbocycles. The average Bonchev–Trinajstić information content (AvgIpc) is 3.26. The SMILES string of the molecule is CCCn1c(C2CC2)c(N)c(=O)n1Cc1ccccc1Cl. The van der Waals surface area contributed by atoms with E-state index in [1.807, 2.05) is 24.3 Å². The Kier molecular flexibility index (Phi) is 3.81. The minimum Gasteiger partial charge on any atom is -0.393 e. The Balaban J connectivity index is 2.07. The minimum atomic E-state index is -0.0923. The highest BCUT2D eigenvalue weighted by Gasteiger charge is 2.32. The fourth-order valence-corrected chi connectivity index (χ4v) is 3.01. The molecule has 0 atom stereocenters. The van der Waals surface area contributed by atoms with Crippen LogP contribution in [0.15, 0.2) is 29.1 Å². The van der Waals surface area contributed by atoms with E-state index in [1.54, 1.807) is 4.68 Å². The molecule has 1 aromatic carbocycles. The van der Waals surface area contributed by atoms with Crippen LogP contribution < -0.4 is 11.3 Å². The predicted molar refractivity (Wildman–Crippen MR) is 85.9 cm³/mol. The molecular formula is C16H20ClN3O. The monoisotopic (exact) mass is 305 g/mol. The third kappa shape index (κ3) is 2.60. The van der Waals surface area contributed by atoms with Gasteiger partial charge in [-0.1, -0.05) is 36.7 Å². The van der Waals surface area contributed by atoms with Crippen molar-refractivity contribution >= 4 is 17.3 Å². The van der Waals surface area contributed by atoms with Gasteiger partial charge < -0.3 is 5.73 Å². The maximum Gasteiger partial charge on any atom is 0.290 e. The van der Waals surface area contributed by atoms with Gasteiger partial charge >= 0.3 is 0 Å². The number of hydrogen-bond acceptors (Lipinski definition) is 2. The molecular weight excluding hydrogens is 286 g/mol. The number of nitrogens with two attached hydrogens (primary N) is 1. The second-order valence-electron chi connectivity index (χ2n) is 5.65. The Labute approximate surface area is 129 Å². The molecule has 112 valence electrons. The van der Waals surface area contributed by atoms with Crippen molar-refractivity contribution in [1.29, 1.82) is 0 Å². The van der Waals surface area contributed by atoms with Gasteiger partial charge in [0.25, 0.3) is 5.56 Å². The fourth-order valence-electron chi connectivity index (χ4n) is 2.81. The van der Waals surface area contributed by atoms with Crippen LogP contribution in [-0.2, 0) is 13.1 Å². The Morgan fingerprint density at radius 1 is 1.29 bits per heavy atom. The molecule has 1 aliphatic rings. The summed E-state index contributed by atoms with van der Waals surface area (Å²) in [6.07, 6.45) is 3.22. The van der Waals surface area contributed by atoms with Crippen molar-refractivity contribution < 1.29 is 0 Å². The van der Waals surface area contributed by atoms with E-state index in [0.29, 0.717) is 23.2 Å². The molecule has 0 saturated heterocycles. The largest absolute Gasteiger partial charge is 0.393 e. The summed E-state index contributed by atoms with van der Waals surface area (Å²) >= 11 is 6.22. The van der Waals surface area contributed by atoms with Crippen LogP contribution in [0, 0.1) is 0 Å². The Bertz CT molecular complexity index is 713. The lowest BCUT2D eigenvalue weighted by molar-refractivity contribution is 0.450. The van der Waals surface area contributed by atoms with Gasteiger partial charge in [-0.15, -0.1) is 0 Å². The third-order valence-corrected chi connectivity index (χ3v) is 4.36. The molecule has 21 heavy (non-hydrogen) atoms. The van der Waals surface area contributed by atoms with Gasteiger partial charge in [0, 0.05) is 17.5 Å². The molecule has 3 rings (SSSR count). The number of nitrogen functional groups attached to an aromatic ring is 1. The molecule has 1 heterocycles. The highest BCUT2D eigenvalue weighted by Crippen LogP contribution is 2.42. The van der Waals surface area contributed by atoms with E-state index in [4.69, 9.17) is 17.3 Å². The number of hydrogen-bond donors (Lipinski definition) is 1. The Morgan fingerprint density at radius 2 is 2.00 bits per heavy atom. The molecule has 2 aromatic rings. The zero-order valence-corrected chi connectivity index (χ0v) is 12.9. The predicted octanol–water partition coefficient (Wildman–Crippen LogP) is 3.22. The first-order valence-electron chi connectivity index (χ1n) is 7.45. The molecule has 5 heteroatoms. The van der Waals surface area contributed by atoms with Crippen LogP contribution >= 0.6 is 11.6 Å². The van der Waals surface area contributed by atoms with Crippen LogP contribution in [0.25, 0.3) is 0 Å². The van der Waals surface area contributed by atoms with Crippen LogP contribution in [0.4, 0.5) is 5.69 Å². The number of nitrogens with zero attached hydrogens (tertiary/aromatic N) is 2. The lowest BCUT2D eigenvalue weighted by Gasteiger charge is -2.14. The Morgan fingerprint density at radius 3 is 2.62 bits per heavy atom. The lowest BCUT2D eigenvalue weighted by Crippen LogP contribution is -2.25. The topological polar surface area (TPSA) is 52.9 Å². The first-order valence-corrected chi connectivity index (χ1v) is 7.83. The van der Waals surface area contributed by atoms with Crippen LogP contribution in [0.5, 0.6) is 0 Å². The zero-order chi connectivity index (χ0) is 15.0. The zero-order valence-electron chi connectivity index (χ0n) is 12.2. The maximum absolute atomic E-state index is 12.5. The fraction of sp³-hybridized carbons (Fsp3) is 0.438. The van der Waals surface area contributed by atoms with Gasteiger partial charge in [-0.05, 0) is 30.9 Å². The first kappa shape index (κ1) is 14.3. The summed E-state index contributed by atoms with van der Waals surface area (Å²) in [4.78, 5) is 12.5. The smallest absolute Gasteiger partial charge is 0.290 e. The number of benzene rings is 1. The summed E-state index contributed by atoms with van der Waals surface area (Å²) in [5.74, 6) is 0.455. The van der Waals surface area contributed by atoms with E-state index in [9.17, 15) is 4.79 Å². The van der Waals surface area contributed by atoms with Crippen LogP contribution in [0.2, 0.25) is 5.02 Å². The van der Waals surface area contributed by atoms with Crippen molar-refractivity contribution in [3.8, 4) is 0 Å². The number of rotatable bonds is 5. The molecule has 0 bridgehead atoms. The van der Waals surface area contributed by atoms with Gasteiger partial charge in [-0.3, -0.25) is 9.48 Å². The number of aromatic nitrogens is 2. The van der Waals surface area contributed by atoms with Gasteiger partial charge in [0.05, 0.1) is 12.2 Å². The van der Waals surface area contributed by atoms with Crippen molar-refractivity contribution in [2.45, 2.75) is 45.2 Å². The molecule has 1 fully saturated rings. The second-order valence-corrected chi connectivity index (χ2v) is 6.06. The summed E-state index contributed by atoms with van der Waals surface area (Å²) in [6.45, 7) is 3.38. The van der Waals surface area contributed by atoms with E-state index in [0.717, 1.165) is 37.1 Å². The molecule has 4 nitrogen and oxygen atoms in total. The van der Waals surface area contributed by atoms with Gasteiger partial charge in [0.2, 0.25) is 0 Å². The van der Waals surface area contributed by atoms with Gasteiger partial charge in [0.1, 0.15) is 5.69 Å². The standard InChI is InChI=1S/C16H20ClN3O/c1-2-9-19-15(11-7-8-11)14(18)16(21)20(19)10-12-5-3-4-6-13(12)17/h3-6,11H,2,7-10,18H2,1H3. The molecule has 1 aliphatic carbocycles. The lowest BCUT2D eigenvalue weighted by atomic mass is 10.2. The van der Waals surface area contributed by atoms with Gasteiger partial charge in [0.15, 0.2) is 0 Å². The molecule has 0 amide bonds. The average molecular weight is 306 g/mol. The number of anilines is 1. The van der Waals surface area contributed by atoms with Gasteiger partial charge in [-0.25, -0.2) is 4.68 Å². The van der Waals surface area contributed by atoms with Crippen molar-refractivity contribution in [2.24, 2.45) is 0 Å². The highest BCUT2D eigenvalue weighted by molar-refractivity contribution is 6.31. The summed E-state index contributed by atoms with van der Waals surface area (Å²) in [6, 6.07) is 7.62. The van der Waals surface area contributed by atoms with E-state index in [2.05, 4.69) is 11.6 Å². The van der Waals surface area contributed by atoms with Crippen molar-refractivity contribution in [1.82, 2.24) is 9.36 Å². The maximum atomic E-state index is 12.5. The normalized spacial score (nSPS) is 14.6. The first-order chi connectivity index (χ1) is 10.1. The Hall–Kier alpha value is -1.68. The molecule has 2 N–H and O–H groups in total. The van der Waals surface area contributed by atoms with E-state index in [1.165, 1.54) is 0 Å². The summed E-state index contributed by atoms with van der Waals surface area (Å²) in [5, 5.41) is 0.681. The van der Waals surface area contributed by atoms with Crippen molar-refractivity contribution in [3.63, 3.8) is 0 Å². The van der Waals surface area contributed by atoms with E-state index in [-0.39, 0.29) is 5.56 Å². The summed E-state index contributed by atoms with van der Waals surface area (Å²) in [5.41, 5.74) is 8.37. The quantitative estimate of drug-likeness (QED) is 0.922. The molecule has 0 radical (unpaired) electrons. The van der Waals surface area contributed by atoms with Gasteiger partial charge in [-0.2, -0.15) is 0 Å². The minimum absolute atomic E-state index is 0.0923. The van der Waals surface area contributed by atoms with Crippen LogP contribution in [0.3, 0.4) is 0 Å². The summed E-state index contributed by atoms with van der Waals surface area (Å²) in [7, 11) is 0. The third-order valence-electron chi connectivity index (χ3n) is 3.99. The summed E-state index contributed by atoms with van der Waals surface area (Å²) < 4.78 is 3.81. The molecule has 0 unspecified atom stereocenters. The second kappa shape index (κ2) is 5.60. The highest BCUT2D eigenvalue weighted by atomic mass is 35.5. The van der Waals surface area contributed by atoms with Crippen LogP contribution in [0.1, 0.15) is 43.4 Å². The molecule has 1 aromatic heterocycles. The van der Waals surface area contributed by atoms with Crippen LogP contribution in [-0.4, -0.2) is 9.36 Å².